The van der Waals surface area contributed by atoms with Gasteiger partial charge in [-0.1, -0.05) is 35.3 Å². The number of rotatable bonds is 8. The first-order valence-corrected chi connectivity index (χ1v) is 11.2. The normalized spacial score (nSPS) is 13.7. The zero-order valence-corrected chi connectivity index (χ0v) is 18.6. The number of halogens is 2. The molecule has 3 amide bonds. The summed E-state index contributed by atoms with van der Waals surface area (Å²) in [4.78, 5) is 55.1. The van der Waals surface area contributed by atoms with Crippen LogP contribution in [-0.2, 0) is 14.3 Å². The van der Waals surface area contributed by atoms with Crippen LogP contribution in [0.2, 0.25) is 10.0 Å². The fourth-order valence-electron chi connectivity index (χ4n) is 2.98. The van der Waals surface area contributed by atoms with Crippen molar-refractivity contribution in [2.24, 2.45) is 0 Å². The highest BCUT2D eigenvalue weighted by Gasteiger charge is 2.43. The highest BCUT2D eigenvalue weighted by atomic mass is 35.5. The Bertz CT molecular complexity index is 1010. The summed E-state index contributed by atoms with van der Waals surface area (Å²) < 4.78 is 5.10. The van der Waals surface area contributed by atoms with Crippen molar-refractivity contribution in [1.82, 2.24) is 9.88 Å². The maximum absolute atomic E-state index is 12.7. The first-order valence-electron chi connectivity index (χ1n) is 9.07. The van der Waals surface area contributed by atoms with E-state index in [1.54, 1.807) is 12.1 Å². The average molecular weight is 482 g/mol. The summed E-state index contributed by atoms with van der Waals surface area (Å²) in [5, 5.41) is 2.83. The monoisotopic (exact) mass is 481 g/mol. The highest BCUT2D eigenvalue weighted by Crippen LogP contribution is 2.27. The van der Waals surface area contributed by atoms with E-state index in [9.17, 15) is 19.2 Å². The molecule has 162 valence electrons. The minimum atomic E-state index is -1.15. The minimum Gasteiger partial charge on any atom is -0.454 e. The number of benzene rings is 1. The number of hydrogen-bond acceptors (Lipinski definition) is 7. The summed E-state index contributed by atoms with van der Waals surface area (Å²) >= 11 is 13.2. The molecular weight excluding hydrogens is 465 g/mol. The van der Waals surface area contributed by atoms with Gasteiger partial charge in [0.2, 0.25) is 0 Å². The molecule has 0 spiro atoms. The fourth-order valence-corrected chi connectivity index (χ4v) is 3.87. The number of amides is 3. The van der Waals surface area contributed by atoms with Crippen molar-refractivity contribution >= 4 is 64.5 Å². The first-order chi connectivity index (χ1) is 14.8. The zero-order valence-electron chi connectivity index (χ0n) is 16.3. The van der Waals surface area contributed by atoms with Gasteiger partial charge in [0.1, 0.15) is 6.04 Å². The lowest BCUT2D eigenvalue weighted by atomic mass is 10.1. The van der Waals surface area contributed by atoms with Gasteiger partial charge in [-0.3, -0.25) is 19.3 Å². The summed E-state index contributed by atoms with van der Waals surface area (Å²) in [5.74, 6) is -2.10. The molecule has 1 atom stereocenters. The van der Waals surface area contributed by atoms with Crippen LogP contribution < -0.4 is 5.32 Å². The summed E-state index contributed by atoms with van der Waals surface area (Å²) in [7, 11) is 0. The molecule has 3 rings (SSSR count). The van der Waals surface area contributed by atoms with Crippen molar-refractivity contribution in [3.05, 3.63) is 57.7 Å². The molecule has 31 heavy (non-hydrogen) atoms. The second-order valence-electron chi connectivity index (χ2n) is 6.46. The minimum absolute atomic E-state index is 0.0615. The third-order valence-electron chi connectivity index (χ3n) is 4.42. The Kier molecular flexibility index (Phi) is 7.53. The van der Waals surface area contributed by atoms with Crippen LogP contribution in [0.25, 0.3) is 0 Å². The van der Waals surface area contributed by atoms with Gasteiger partial charge in [0.25, 0.3) is 17.7 Å². The topological polar surface area (TPSA) is 106 Å². The molecule has 0 radical (unpaired) electrons. The molecule has 0 bridgehead atoms. The summed E-state index contributed by atoms with van der Waals surface area (Å²) in [6.07, 6.45) is 3.33. The van der Waals surface area contributed by atoms with Crippen LogP contribution in [0, 0.1) is 0 Å². The maximum atomic E-state index is 12.7. The number of carbonyl (C=O) groups excluding carboxylic acids is 4. The van der Waals surface area contributed by atoms with Gasteiger partial charge in [0.15, 0.2) is 12.4 Å². The molecule has 0 unspecified atom stereocenters. The Balaban J connectivity index is 1.68. The molecule has 0 fully saturated rings. The van der Waals surface area contributed by atoms with E-state index in [-0.39, 0.29) is 28.4 Å². The van der Waals surface area contributed by atoms with Crippen LogP contribution in [0.4, 0.5) is 5.82 Å². The van der Waals surface area contributed by atoms with Crippen molar-refractivity contribution in [2.45, 2.75) is 12.5 Å². The van der Waals surface area contributed by atoms with Crippen LogP contribution in [0.5, 0.6) is 0 Å². The van der Waals surface area contributed by atoms with E-state index < -0.39 is 36.3 Å². The fraction of sp³-hybridized carbons (Fsp3) is 0.250. The van der Waals surface area contributed by atoms with Crippen LogP contribution in [0.1, 0.15) is 27.1 Å². The molecule has 1 N–H and O–H groups in total. The lowest BCUT2D eigenvalue weighted by Crippen LogP contribution is -2.46. The molecule has 2 aromatic rings. The third kappa shape index (κ3) is 5.17. The second kappa shape index (κ2) is 10.1. The number of nitrogens with zero attached hydrogens (tertiary/aromatic N) is 2. The average Bonchev–Trinajstić information content (AvgIpc) is 3.00. The maximum Gasteiger partial charge on any atom is 0.329 e. The third-order valence-corrected chi connectivity index (χ3v) is 5.55. The zero-order chi connectivity index (χ0) is 22.5. The Labute approximate surface area is 192 Å². The molecule has 2 heterocycles. The molecule has 11 heteroatoms. The number of nitrogens with one attached hydrogen (secondary N) is 1. The Morgan fingerprint density at radius 1 is 1.19 bits per heavy atom. The van der Waals surface area contributed by atoms with Gasteiger partial charge >= 0.3 is 5.97 Å². The number of fused-ring (bicyclic) bond motifs is 1. The Morgan fingerprint density at radius 2 is 1.84 bits per heavy atom. The van der Waals surface area contributed by atoms with Crippen LogP contribution in [0.15, 0.2) is 36.5 Å². The molecular formula is C20H17Cl2N3O5S. The van der Waals surface area contributed by atoms with E-state index in [4.69, 9.17) is 27.9 Å². The molecule has 8 nitrogen and oxygen atoms in total. The smallest absolute Gasteiger partial charge is 0.329 e. The Hall–Kier alpha value is -2.62. The van der Waals surface area contributed by atoms with E-state index in [0.717, 1.165) is 4.90 Å². The van der Waals surface area contributed by atoms with Gasteiger partial charge in [0.05, 0.1) is 21.2 Å². The number of aromatic nitrogens is 1. The van der Waals surface area contributed by atoms with Crippen LogP contribution in [-0.4, -0.2) is 58.2 Å². The second-order valence-corrected chi connectivity index (χ2v) is 8.29. The lowest BCUT2D eigenvalue weighted by molar-refractivity contribution is -0.151. The van der Waals surface area contributed by atoms with Crippen molar-refractivity contribution in [3.63, 3.8) is 0 Å². The summed E-state index contributed by atoms with van der Waals surface area (Å²) in [5.41, 5.74) is 0.464. The SMILES string of the molecule is CSCC[C@@H](C(=O)OCC(=O)Nc1ncc(Cl)cc1Cl)N1C(=O)c2ccccc2C1=O. The summed E-state index contributed by atoms with van der Waals surface area (Å²) in [6.45, 7) is -0.640. The number of anilines is 1. The van der Waals surface area contributed by atoms with Crippen molar-refractivity contribution in [1.29, 1.82) is 0 Å². The van der Waals surface area contributed by atoms with Crippen molar-refractivity contribution < 1.29 is 23.9 Å². The predicted octanol–water partition coefficient (Wildman–Crippen LogP) is 3.29. The largest absolute Gasteiger partial charge is 0.454 e. The number of hydrogen-bond donors (Lipinski definition) is 1. The Morgan fingerprint density at radius 3 is 2.42 bits per heavy atom. The molecule has 0 aliphatic carbocycles. The van der Waals surface area contributed by atoms with Crippen LogP contribution >= 0.6 is 35.0 Å². The van der Waals surface area contributed by atoms with E-state index >= 15 is 0 Å². The number of esters is 1. The molecule has 1 aliphatic rings. The van der Waals surface area contributed by atoms with E-state index in [2.05, 4.69) is 10.3 Å². The van der Waals surface area contributed by atoms with Gasteiger partial charge < -0.3 is 10.1 Å². The van der Waals surface area contributed by atoms with E-state index in [1.807, 2.05) is 6.26 Å². The van der Waals surface area contributed by atoms with Crippen molar-refractivity contribution in [2.75, 3.05) is 23.9 Å². The first kappa shape index (κ1) is 23.1. The van der Waals surface area contributed by atoms with Crippen LogP contribution in [0.3, 0.4) is 0 Å². The van der Waals surface area contributed by atoms with Gasteiger partial charge in [0, 0.05) is 6.20 Å². The van der Waals surface area contributed by atoms with Gasteiger partial charge in [-0.2, -0.15) is 11.8 Å². The number of ether oxygens (including phenoxy) is 1. The lowest BCUT2D eigenvalue weighted by Gasteiger charge is -2.24. The number of imide groups is 1. The van der Waals surface area contributed by atoms with Gasteiger partial charge in [-0.15, -0.1) is 0 Å². The van der Waals surface area contributed by atoms with Gasteiger partial charge in [-0.05, 0) is 36.6 Å². The summed E-state index contributed by atoms with van der Waals surface area (Å²) in [6, 6.07) is 6.60. The molecule has 0 saturated carbocycles. The molecule has 1 aliphatic heterocycles. The van der Waals surface area contributed by atoms with E-state index in [0.29, 0.717) is 10.8 Å². The van der Waals surface area contributed by atoms with Gasteiger partial charge in [-0.25, -0.2) is 9.78 Å². The molecule has 1 aromatic heterocycles. The predicted molar refractivity (Wildman–Crippen MR) is 118 cm³/mol. The van der Waals surface area contributed by atoms with E-state index in [1.165, 1.54) is 36.2 Å². The van der Waals surface area contributed by atoms with Crippen molar-refractivity contribution in [3.8, 4) is 0 Å². The number of thioether (sulfide) groups is 1. The number of carbonyl (C=O) groups is 4. The quantitative estimate of drug-likeness (QED) is 0.455. The number of pyridine rings is 1. The molecule has 0 saturated heterocycles. The highest BCUT2D eigenvalue weighted by molar-refractivity contribution is 7.98. The molecule has 1 aromatic carbocycles. The standard InChI is InChI=1S/C20H17Cl2N3O5S/c1-31-7-6-15(25-18(27)12-4-2-3-5-13(12)19(25)28)20(29)30-10-16(26)24-17-14(22)8-11(21)9-23-17/h2-5,8-9,15H,6-7,10H2,1H3,(H,23,24,26)/t15-/m0/s1.